The summed E-state index contributed by atoms with van der Waals surface area (Å²) in [5.74, 6) is 0.837. The predicted molar refractivity (Wildman–Crippen MR) is 61.0 cm³/mol. The van der Waals surface area contributed by atoms with E-state index < -0.39 is 0 Å². The van der Waals surface area contributed by atoms with Crippen LogP contribution in [0.25, 0.3) is 0 Å². The maximum atomic E-state index is 3.31. The van der Waals surface area contributed by atoms with E-state index in [1.807, 2.05) is 7.05 Å². The summed E-state index contributed by atoms with van der Waals surface area (Å²) < 4.78 is 0. The summed E-state index contributed by atoms with van der Waals surface area (Å²) >= 11 is 0. The lowest BCUT2D eigenvalue weighted by atomic mass is 9.80. The van der Waals surface area contributed by atoms with Crippen molar-refractivity contribution in [1.29, 1.82) is 0 Å². The van der Waals surface area contributed by atoms with Gasteiger partial charge >= 0.3 is 0 Å². The van der Waals surface area contributed by atoms with Gasteiger partial charge in [0.2, 0.25) is 0 Å². The fraction of sp³-hybridized carbons (Fsp3) is 1.00. The van der Waals surface area contributed by atoms with E-state index in [0.29, 0.717) is 11.5 Å². The molecule has 0 aliphatic heterocycles. The van der Waals surface area contributed by atoms with Gasteiger partial charge in [-0.3, -0.25) is 0 Å². The second-order valence-corrected chi connectivity index (χ2v) is 5.49. The first-order valence-corrected chi connectivity index (χ1v) is 5.54. The van der Waals surface area contributed by atoms with Crippen molar-refractivity contribution in [1.82, 2.24) is 5.32 Å². The smallest absolute Gasteiger partial charge is 0.00408 e. The molecule has 0 rings (SSSR count). The van der Waals surface area contributed by atoms with Crippen LogP contribution in [0.5, 0.6) is 0 Å². The Morgan fingerprint density at radius 1 is 1.15 bits per heavy atom. The minimum atomic E-state index is 0.493. The van der Waals surface area contributed by atoms with Crippen molar-refractivity contribution in [3.63, 3.8) is 0 Å². The van der Waals surface area contributed by atoms with E-state index in [1.54, 1.807) is 0 Å². The van der Waals surface area contributed by atoms with Crippen molar-refractivity contribution in [3.05, 3.63) is 0 Å². The van der Waals surface area contributed by atoms with Gasteiger partial charge in [0.05, 0.1) is 0 Å². The van der Waals surface area contributed by atoms with Crippen LogP contribution in [0.15, 0.2) is 0 Å². The highest BCUT2D eigenvalue weighted by molar-refractivity contribution is 4.74. The average Bonchev–Trinajstić information content (AvgIpc) is 2.00. The molecule has 1 N–H and O–H groups in total. The molecule has 1 unspecified atom stereocenters. The van der Waals surface area contributed by atoms with Gasteiger partial charge in [0.15, 0.2) is 0 Å². The largest absolute Gasteiger partial charge is 0.317 e. The van der Waals surface area contributed by atoms with Crippen molar-refractivity contribution in [2.45, 2.75) is 59.9 Å². The van der Waals surface area contributed by atoms with Crippen LogP contribution in [0.1, 0.15) is 53.9 Å². The predicted octanol–water partition coefficient (Wildman–Crippen LogP) is 3.45. The molecule has 0 aromatic heterocycles. The van der Waals surface area contributed by atoms with Gasteiger partial charge in [0.1, 0.15) is 0 Å². The molecule has 1 atom stereocenters. The fourth-order valence-electron chi connectivity index (χ4n) is 1.71. The van der Waals surface area contributed by atoms with Gasteiger partial charge in [-0.1, -0.05) is 34.1 Å². The van der Waals surface area contributed by atoms with Gasteiger partial charge in [0, 0.05) is 6.04 Å². The molecule has 1 heteroatoms. The van der Waals surface area contributed by atoms with Crippen LogP contribution in [0.3, 0.4) is 0 Å². The van der Waals surface area contributed by atoms with Crippen LogP contribution < -0.4 is 5.32 Å². The minimum Gasteiger partial charge on any atom is -0.317 e. The topological polar surface area (TPSA) is 12.0 Å². The quantitative estimate of drug-likeness (QED) is 0.668. The van der Waals surface area contributed by atoms with Gasteiger partial charge in [-0.05, 0) is 38.1 Å². The summed E-state index contributed by atoms with van der Waals surface area (Å²) in [5.41, 5.74) is 0.493. The lowest BCUT2D eigenvalue weighted by Gasteiger charge is -2.28. The molecule has 0 radical (unpaired) electrons. The summed E-state index contributed by atoms with van der Waals surface area (Å²) in [4.78, 5) is 0. The minimum absolute atomic E-state index is 0.493. The van der Waals surface area contributed by atoms with Gasteiger partial charge in [-0.15, -0.1) is 0 Å². The summed E-state index contributed by atoms with van der Waals surface area (Å²) in [6.45, 7) is 11.6. The summed E-state index contributed by atoms with van der Waals surface area (Å²) in [6, 6.07) is 0.641. The first kappa shape index (κ1) is 13.0. The van der Waals surface area contributed by atoms with E-state index in [2.05, 4.69) is 39.9 Å². The Kier molecular flexibility index (Phi) is 5.62. The second kappa shape index (κ2) is 5.64. The third-order valence-corrected chi connectivity index (χ3v) is 2.75. The molecule has 0 fully saturated rings. The Labute approximate surface area is 84.3 Å². The number of hydrogen-bond donors (Lipinski definition) is 1. The molecule has 0 bridgehead atoms. The molecule has 0 aliphatic rings. The first-order chi connectivity index (χ1) is 5.87. The monoisotopic (exact) mass is 185 g/mol. The van der Waals surface area contributed by atoms with Gasteiger partial charge in [-0.2, -0.15) is 0 Å². The van der Waals surface area contributed by atoms with Crippen molar-refractivity contribution < 1.29 is 0 Å². The molecule has 0 aromatic rings. The van der Waals surface area contributed by atoms with Gasteiger partial charge < -0.3 is 5.32 Å². The van der Waals surface area contributed by atoms with E-state index in [-0.39, 0.29) is 0 Å². The molecule has 0 aliphatic carbocycles. The lowest BCUT2D eigenvalue weighted by Crippen LogP contribution is -2.28. The highest BCUT2D eigenvalue weighted by Gasteiger charge is 2.20. The van der Waals surface area contributed by atoms with Gasteiger partial charge in [0.25, 0.3) is 0 Å². The van der Waals surface area contributed by atoms with E-state index in [9.17, 15) is 0 Å². The van der Waals surface area contributed by atoms with Crippen molar-refractivity contribution in [3.8, 4) is 0 Å². The Balaban J connectivity index is 3.79. The van der Waals surface area contributed by atoms with Crippen molar-refractivity contribution in [2.75, 3.05) is 7.05 Å². The van der Waals surface area contributed by atoms with Crippen LogP contribution in [0, 0.1) is 11.3 Å². The van der Waals surface area contributed by atoms with Crippen LogP contribution in [0.4, 0.5) is 0 Å². The average molecular weight is 185 g/mol. The maximum absolute atomic E-state index is 3.31. The highest BCUT2D eigenvalue weighted by atomic mass is 14.9. The molecule has 0 saturated carbocycles. The maximum Gasteiger partial charge on any atom is 0.00408 e. The summed E-state index contributed by atoms with van der Waals surface area (Å²) in [6.07, 6.45) is 3.97. The normalized spacial score (nSPS) is 15.0. The van der Waals surface area contributed by atoms with E-state index in [1.165, 1.54) is 19.3 Å². The van der Waals surface area contributed by atoms with Crippen LogP contribution in [-0.4, -0.2) is 13.1 Å². The Morgan fingerprint density at radius 3 is 2.08 bits per heavy atom. The SMILES string of the molecule is CNC(C)CC(C)(C)CCC(C)C. The molecular formula is C12H27N. The Hall–Kier alpha value is -0.0400. The number of rotatable bonds is 6. The number of nitrogens with one attached hydrogen (secondary N) is 1. The molecule has 1 nitrogen and oxygen atoms in total. The van der Waals surface area contributed by atoms with Crippen molar-refractivity contribution in [2.24, 2.45) is 11.3 Å². The first-order valence-electron chi connectivity index (χ1n) is 5.54. The molecule has 0 saturated heterocycles. The standard InChI is InChI=1S/C12H27N/c1-10(2)7-8-12(4,5)9-11(3)13-6/h10-11,13H,7-9H2,1-6H3. The highest BCUT2D eigenvalue weighted by Crippen LogP contribution is 2.29. The lowest BCUT2D eigenvalue weighted by molar-refractivity contribution is 0.254. The van der Waals surface area contributed by atoms with Gasteiger partial charge in [-0.25, -0.2) is 0 Å². The van der Waals surface area contributed by atoms with Crippen LogP contribution in [0.2, 0.25) is 0 Å². The molecule has 0 heterocycles. The third kappa shape index (κ3) is 7.06. The van der Waals surface area contributed by atoms with E-state index in [4.69, 9.17) is 0 Å². The summed E-state index contributed by atoms with van der Waals surface area (Å²) in [5, 5.41) is 3.31. The molecule has 0 aromatic carbocycles. The van der Waals surface area contributed by atoms with E-state index in [0.717, 1.165) is 5.92 Å². The Bertz CT molecular complexity index is 127. The molecular weight excluding hydrogens is 158 g/mol. The van der Waals surface area contributed by atoms with Crippen LogP contribution in [-0.2, 0) is 0 Å². The second-order valence-electron chi connectivity index (χ2n) is 5.49. The fourth-order valence-corrected chi connectivity index (χ4v) is 1.71. The van der Waals surface area contributed by atoms with Crippen molar-refractivity contribution >= 4 is 0 Å². The zero-order chi connectivity index (χ0) is 10.5. The summed E-state index contributed by atoms with van der Waals surface area (Å²) in [7, 11) is 2.04. The molecule has 13 heavy (non-hydrogen) atoms. The third-order valence-electron chi connectivity index (χ3n) is 2.75. The number of hydrogen-bond acceptors (Lipinski definition) is 1. The molecule has 0 spiro atoms. The zero-order valence-corrected chi connectivity index (χ0v) is 10.3. The Morgan fingerprint density at radius 2 is 1.69 bits per heavy atom. The van der Waals surface area contributed by atoms with E-state index >= 15 is 0 Å². The molecule has 0 amide bonds. The zero-order valence-electron chi connectivity index (χ0n) is 10.3. The van der Waals surface area contributed by atoms with Crippen LogP contribution >= 0.6 is 0 Å². The molecule has 80 valence electrons.